The Morgan fingerprint density at radius 2 is 1.94 bits per heavy atom. The Kier molecular flexibility index (Phi) is 3.82. The molecule has 0 fully saturated rings. The number of rotatable bonds is 3. The van der Waals surface area contributed by atoms with Crippen LogP contribution in [-0.2, 0) is 14.6 Å². The lowest BCUT2D eigenvalue weighted by molar-refractivity contribution is 0.0600. The standard InChI is InChI=1S/C10H10F2O4S/c1-16-10(13)6-3-4-7(9(11)12)8(5-6)17(2,14)15/h3-5,9H,1-2H3. The third-order valence-corrected chi connectivity index (χ3v) is 3.22. The van der Waals surface area contributed by atoms with Gasteiger partial charge in [-0.05, 0) is 12.1 Å². The summed E-state index contributed by atoms with van der Waals surface area (Å²) in [6.45, 7) is 0. The monoisotopic (exact) mass is 264 g/mol. The van der Waals surface area contributed by atoms with Crippen LogP contribution in [0.3, 0.4) is 0 Å². The molecule has 0 aliphatic heterocycles. The van der Waals surface area contributed by atoms with Crippen LogP contribution in [0.15, 0.2) is 23.1 Å². The van der Waals surface area contributed by atoms with Gasteiger partial charge in [-0.2, -0.15) is 0 Å². The maximum atomic E-state index is 12.6. The van der Waals surface area contributed by atoms with Crippen LogP contribution in [0.1, 0.15) is 22.3 Å². The molecular weight excluding hydrogens is 254 g/mol. The van der Waals surface area contributed by atoms with Crippen molar-refractivity contribution in [3.05, 3.63) is 29.3 Å². The van der Waals surface area contributed by atoms with Gasteiger partial charge in [0.2, 0.25) is 0 Å². The summed E-state index contributed by atoms with van der Waals surface area (Å²) in [5.74, 6) is -0.782. The third-order valence-electron chi connectivity index (χ3n) is 2.07. The Hall–Kier alpha value is -1.50. The smallest absolute Gasteiger partial charge is 0.337 e. The van der Waals surface area contributed by atoms with E-state index in [1.807, 2.05) is 0 Å². The topological polar surface area (TPSA) is 60.4 Å². The van der Waals surface area contributed by atoms with E-state index < -0.39 is 32.7 Å². The van der Waals surface area contributed by atoms with E-state index in [1.54, 1.807) is 0 Å². The fourth-order valence-electron chi connectivity index (χ4n) is 1.28. The van der Waals surface area contributed by atoms with Crippen LogP contribution in [0.2, 0.25) is 0 Å². The van der Waals surface area contributed by atoms with Gasteiger partial charge in [-0.15, -0.1) is 0 Å². The minimum absolute atomic E-state index is 0.0858. The van der Waals surface area contributed by atoms with Gasteiger partial charge in [-0.3, -0.25) is 0 Å². The molecule has 94 valence electrons. The summed E-state index contributed by atoms with van der Waals surface area (Å²) in [7, 11) is -2.72. The number of halogens is 2. The first-order chi connectivity index (χ1) is 7.77. The van der Waals surface area contributed by atoms with Crippen LogP contribution in [0.4, 0.5) is 8.78 Å². The van der Waals surface area contributed by atoms with Crippen molar-refractivity contribution in [3.63, 3.8) is 0 Å². The Morgan fingerprint density at radius 1 is 1.35 bits per heavy atom. The molecular formula is C10H10F2O4S. The first-order valence-electron chi connectivity index (χ1n) is 4.48. The largest absolute Gasteiger partial charge is 0.465 e. The maximum absolute atomic E-state index is 12.6. The van der Waals surface area contributed by atoms with Crippen molar-refractivity contribution in [2.75, 3.05) is 13.4 Å². The van der Waals surface area contributed by atoms with Gasteiger partial charge in [0, 0.05) is 11.8 Å². The molecule has 0 amide bonds. The van der Waals surface area contributed by atoms with Crippen molar-refractivity contribution in [3.8, 4) is 0 Å². The number of carbonyl (C=O) groups excluding carboxylic acids is 1. The zero-order valence-electron chi connectivity index (χ0n) is 9.11. The molecule has 0 unspecified atom stereocenters. The Bertz CT molecular complexity index is 537. The lowest BCUT2D eigenvalue weighted by Gasteiger charge is -2.08. The number of alkyl halides is 2. The predicted octanol–water partition coefficient (Wildman–Crippen LogP) is 1.81. The average Bonchev–Trinajstić information content (AvgIpc) is 2.25. The van der Waals surface area contributed by atoms with Crippen LogP contribution in [0.5, 0.6) is 0 Å². The van der Waals surface area contributed by atoms with Crippen molar-refractivity contribution in [2.24, 2.45) is 0 Å². The zero-order valence-corrected chi connectivity index (χ0v) is 9.92. The van der Waals surface area contributed by atoms with E-state index in [9.17, 15) is 22.0 Å². The normalized spacial score (nSPS) is 11.6. The van der Waals surface area contributed by atoms with Crippen molar-refractivity contribution in [1.82, 2.24) is 0 Å². The molecule has 1 rings (SSSR count). The highest BCUT2D eigenvalue weighted by atomic mass is 32.2. The minimum Gasteiger partial charge on any atom is -0.465 e. The van der Waals surface area contributed by atoms with E-state index in [2.05, 4.69) is 4.74 Å². The molecule has 0 bridgehead atoms. The van der Waals surface area contributed by atoms with E-state index in [-0.39, 0.29) is 5.56 Å². The second-order valence-corrected chi connectivity index (χ2v) is 5.30. The highest BCUT2D eigenvalue weighted by Gasteiger charge is 2.22. The van der Waals surface area contributed by atoms with Crippen LogP contribution >= 0.6 is 0 Å². The van der Waals surface area contributed by atoms with Crippen LogP contribution in [0.25, 0.3) is 0 Å². The average molecular weight is 264 g/mol. The van der Waals surface area contributed by atoms with Gasteiger partial charge in [0.15, 0.2) is 9.84 Å². The maximum Gasteiger partial charge on any atom is 0.337 e. The fourth-order valence-corrected chi connectivity index (χ4v) is 2.21. The lowest BCUT2D eigenvalue weighted by atomic mass is 10.1. The fraction of sp³-hybridized carbons (Fsp3) is 0.300. The molecule has 0 atom stereocenters. The molecule has 0 N–H and O–H groups in total. The second-order valence-electron chi connectivity index (χ2n) is 3.32. The summed E-state index contributed by atoms with van der Waals surface area (Å²) in [6.07, 6.45) is -2.12. The van der Waals surface area contributed by atoms with Gasteiger partial charge >= 0.3 is 5.97 Å². The summed E-state index contributed by atoms with van der Waals surface area (Å²) >= 11 is 0. The molecule has 4 nitrogen and oxygen atoms in total. The quantitative estimate of drug-likeness (QED) is 0.781. The number of esters is 1. The first-order valence-corrected chi connectivity index (χ1v) is 6.37. The Labute approximate surface area is 97.1 Å². The molecule has 17 heavy (non-hydrogen) atoms. The molecule has 0 heterocycles. The van der Waals surface area contributed by atoms with E-state index in [0.29, 0.717) is 0 Å². The van der Waals surface area contributed by atoms with Crippen LogP contribution in [0, 0.1) is 0 Å². The summed E-state index contributed by atoms with van der Waals surface area (Å²) in [6, 6.07) is 2.90. The molecule has 7 heteroatoms. The van der Waals surface area contributed by atoms with E-state index in [0.717, 1.165) is 31.6 Å². The predicted molar refractivity (Wildman–Crippen MR) is 55.8 cm³/mol. The van der Waals surface area contributed by atoms with Crippen molar-refractivity contribution in [1.29, 1.82) is 0 Å². The van der Waals surface area contributed by atoms with Crippen molar-refractivity contribution < 1.29 is 26.7 Å². The third kappa shape index (κ3) is 3.00. The molecule has 1 aromatic rings. The molecule has 0 radical (unpaired) electrons. The number of hydrogen-bond acceptors (Lipinski definition) is 4. The number of ether oxygens (including phenoxy) is 1. The summed E-state index contributed by atoms with van der Waals surface area (Å²) in [5.41, 5.74) is -0.711. The number of sulfone groups is 1. The van der Waals surface area contributed by atoms with E-state index >= 15 is 0 Å². The molecule has 0 aromatic heterocycles. The summed E-state index contributed by atoms with van der Waals surface area (Å²) < 4.78 is 52.2. The van der Waals surface area contributed by atoms with Gasteiger partial charge in [0.05, 0.1) is 17.6 Å². The summed E-state index contributed by atoms with van der Waals surface area (Å²) in [5, 5.41) is 0. The van der Waals surface area contributed by atoms with Gasteiger partial charge in [-0.1, -0.05) is 6.07 Å². The minimum atomic E-state index is -3.83. The van der Waals surface area contributed by atoms with Gasteiger partial charge < -0.3 is 4.74 Å². The molecule has 1 aromatic carbocycles. The molecule has 0 aliphatic rings. The Morgan fingerprint density at radius 3 is 2.35 bits per heavy atom. The zero-order chi connectivity index (χ0) is 13.2. The van der Waals surface area contributed by atoms with Gasteiger partial charge in [0.25, 0.3) is 6.43 Å². The molecule has 0 aliphatic carbocycles. The summed E-state index contributed by atoms with van der Waals surface area (Å²) in [4.78, 5) is 10.6. The molecule has 0 saturated carbocycles. The molecule has 0 spiro atoms. The van der Waals surface area contributed by atoms with Crippen molar-refractivity contribution >= 4 is 15.8 Å². The first kappa shape index (κ1) is 13.6. The number of hydrogen-bond donors (Lipinski definition) is 0. The van der Waals surface area contributed by atoms with E-state index in [4.69, 9.17) is 0 Å². The highest BCUT2D eigenvalue weighted by molar-refractivity contribution is 7.90. The van der Waals surface area contributed by atoms with Gasteiger partial charge in [-0.25, -0.2) is 22.0 Å². The highest BCUT2D eigenvalue weighted by Crippen LogP contribution is 2.27. The number of methoxy groups -OCH3 is 1. The Balaban J connectivity index is 3.45. The molecule has 0 saturated heterocycles. The second kappa shape index (κ2) is 4.79. The number of carbonyl (C=O) groups is 1. The lowest BCUT2D eigenvalue weighted by Crippen LogP contribution is -2.07. The van der Waals surface area contributed by atoms with E-state index in [1.165, 1.54) is 0 Å². The van der Waals surface area contributed by atoms with Crippen LogP contribution < -0.4 is 0 Å². The van der Waals surface area contributed by atoms with Crippen LogP contribution in [-0.4, -0.2) is 27.8 Å². The SMILES string of the molecule is COC(=O)c1ccc(C(F)F)c(S(C)(=O)=O)c1. The van der Waals surface area contributed by atoms with Crippen molar-refractivity contribution in [2.45, 2.75) is 11.3 Å². The van der Waals surface area contributed by atoms with Gasteiger partial charge in [0.1, 0.15) is 0 Å². The number of benzene rings is 1.